The minimum absolute atomic E-state index is 0.0834. The Kier molecular flexibility index (Phi) is 7.22. The van der Waals surface area contributed by atoms with Gasteiger partial charge in [0.25, 0.3) is 5.56 Å². The number of aromatic nitrogens is 4. The number of H-pyrrole nitrogens is 1. The van der Waals surface area contributed by atoms with E-state index in [1.54, 1.807) is 0 Å². The van der Waals surface area contributed by atoms with Crippen LogP contribution in [0, 0.1) is 4.77 Å². The van der Waals surface area contributed by atoms with Crippen molar-refractivity contribution in [2.75, 3.05) is 13.1 Å². The maximum absolute atomic E-state index is 13.0. The van der Waals surface area contributed by atoms with Crippen molar-refractivity contribution in [3.8, 4) is 11.1 Å². The molecule has 3 heterocycles. The highest BCUT2D eigenvalue weighted by molar-refractivity contribution is 7.71. The number of hydrogen-bond donors (Lipinski definition) is 1. The Bertz CT molecular complexity index is 1630. The van der Waals surface area contributed by atoms with Crippen LogP contribution >= 0.6 is 12.2 Å². The van der Waals surface area contributed by atoms with Gasteiger partial charge in [-0.2, -0.15) is 13.2 Å². The second-order valence-corrected chi connectivity index (χ2v) is 11.0. The fourth-order valence-electron chi connectivity index (χ4n) is 5.85. The van der Waals surface area contributed by atoms with Crippen molar-refractivity contribution in [1.29, 1.82) is 0 Å². The zero-order valence-electron chi connectivity index (χ0n) is 22.0. The van der Waals surface area contributed by atoms with E-state index in [-0.39, 0.29) is 5.56 Å². The largest absolute Gasteiger partial charge is 0.416 e. The molecule has 2 aromatic heterocycles. The molecule has 2 aliphatic rings. The number of aromatic amines is 1. The van der Waals surface area contributed by atoms with E-state index in [0.29, 0.717) is 17.9 Å². The second-order valence-electron chi connectivity index (χ2n) is 10.6. The summed E-state index contributed by atoms with van der Waals surface area (Å²) in [4.78, 5) is 22.5. The monoisotopic (exact) mass is 565 g/mol. The molecular weight excluding hydrogens is 535 g/mol. The van der Waals surface area contributed by atoms with Crippen molar-refractivity contribution in [2.45, 2.75) is 57.9 Å². The summed E-state index contributed by atoms with van der Waals surface area (Å²) >= 11 is 5.56. The number of likely N-dealkylation sites (tertiary alicyclic amines) is 1. The van der Waals surface area contributed by atoms with Crippen LogP contribution < -0.4 is 5.56 Å². The second kappa shape index (κ2) is 10.8. The molecule has 0 saturated carbocycles. The first kappa shape index (κ1) is 26.7. The molecule has 6 rings (SSSR count). The highest BCUT2D eigenvalue weighted by atomic mass is 32.1. The lowest BCUT2D eigenvalue weighted by atomic mass is 10.0. The molecule has 0 radical (unpaired) electrons. The highest BCUT2D eigenvalue weighted by Crippen LogP contribution is 2.31. The summed E-state index contributed by atoms with van der Waals surface area (Å²) in [7, 11) is 0. The Hall–Kier alpha value is -3.50. The van der Waals surface area contributed by atoms with Crippen LogP contribution in [0.5, 0.6) is 0 Å². The van der Waals surface area contributed by atoms with Gasteiger partial charge >= 0.3 is 6.18 Å². The number of fused-ring (bicyclic) bond motifs is 1. The van der Waals surface area contributed by atoms with Gasteiger partial charge in [-0.25, -0.2) is 4.98 Å². The van der Waals surface area contributed by atoms with E-state index in [1.165, 1.54) is 25.0 Å². The van der Waals surface area contributed by atoms with Crippen molar-refractivity contribution in [1.82, 2.24) is 24.0 Å². The molecule has 208 valence electrons. The molecule has 0 bridgehead atoms. The van der Waals surface area contributed by atoms with Gasteiger partial charge in [-0.3, -0.25) is 14.7 Å². The Morgan fingerprint density at radius 2 is 1.52 bits per heavy atom. The Labute approximate surface area is 235 Å². The average Bonchev–Trinajstić information content (AvgIpc) is 3.70. The standard InChI is InChI=1S/C30H30F3N5OS/c31-30(32,33)23-12-10-22(11-13-23)21-8-6-20(7-9-21)17-37-24(18-36-14-1-2-15-36)16-34-27(37)19-38-26-5-3-4-25(26)28(39)35-29(38)40/h6-13,16H,1-5,14-15,17-19H2,(H,35,39,40). The van der Waals surface area contributed by atoms with Crippen LogP contribution in [0.3, 0.4) is 0 Å². The number of alkyl halides is 3. The third kappa shape index (κ3) is 5.42. The molecular formula is C30H30F3N5OS. The zero-order valence-corrected chi connectivity index (χ0v) is 22.8. The van der Waals surface area contributed by atoms with Crippen molar-refractivity contribution in [3.63, 3.8) is 0 Å². The van der Waals surface area contributed by atoms with E-state index in [1.807, 2.05) is 35.0 Å². The first-order valence-electron chi connectivity index (χ1n) is 13.6. The molecule has 0 spiro atoms. The molecule has 4 aromatic rings. The first-order valence-corrected chi connectivity index (χ1v) is 14.0. The lowest BCUT2D eigenvalue weighted by molar-refractivity contribution is -0.137. The van der Waals surface area contributed by atoms with Crippen LogP contribution in [0.4, 0.5) is 13.2 Å². The summed E-state index contributed by atoms with van der Waals surface area (Å²) in [6.07, 6.45) is 2.53. The molecule has 0 unspecified atom stereocenters. The molecule has 1 saturated heterocycles. The molecule has 0 amide bonds. The Morgan fingerprint density at radius 3 is 2.20 bits per heavy atom. The topological polar surface area (TPSA) is 58.9 Å². The van der Waals surface area contributed by atoms with E-state index >= 15 is 0 Å². The maximum atomic E-state index is 13.0. The van der Waals surface area contributed by atoms with Gasteiger partial charge in [0.1, 0.15) is 5.82 Å². The molecule has 1 aliphatic heterocycles. The van der Waals surface area contributed by atoms with Gasteiger partial charge < -0.3 is 9.13 Å². The van der Waals surface area contributed by atoms with E-state index in [2.05, 4.69) is 14.5 Å². The van der Waals surface area contributed by atoms with Gasteiger partial charge in [0.2, 0.25) is 0 Å². The molecule has 2 aromatic carbocycles. The minimum Gasteiger partial charge on any atom is -0.325 e. The van der Waals surface area contributed by atoms with Crippen LogP contribution in [0.1, 0.15) is 53.2 Å². The molecule has 10 heteroatoms. The smallest absolute Gasteiger partial charge is 0.325 e. The summed E-state index contributed by atoms with van der Waals surface area (Å²) in [6, 6.07) is 13.2. The zero-order chi connectivity index (χ0) is 27.9. The molecule has 6 nitrogen and oxygen atoms in total. The SMILES string of the molecule is O=c1[nH]c(=S)n(Cc2ncc(CN3CCCC3)n2Cc2ccc(-c3ccc(C(F)(F)F)cc3)cc2)c2c1CCC2. The summed E-state index contributed by atoms with van der Waals surface area (Å²) in [6.45, 7) is 4.03. The van der Waals surface area contributed by atoms with E-state index in [9.17, 15) is 18.0 Å². The van der Waals surface area contributed by atoms with Gasteiger partial charge in [-0.15, -0.1) is 0 Å². The van der Waals surface area contributed by atoms with E-state index in [4.69, 9.17) is 17.2 Å². The van der Waals surface area contributed by atoms with Crippen molar-refractivity contribution in [3.05, 3.63) is 104 Å². The van der Waals surface area contributed by atoms with Crippen molar-refractivity contribution in [2.24, 2.45) is 0 Å². The van der Waals surface area contributed by atoms with Crippen molar-refractivity contribution < 1.29 is 13.2 Å². The summed E-state index contributed by atoms with van der Waals surface area (Å²) < 4.78 is 43.5. The van der Waals surface area contributed by atoms with E-state index < -0.39 is 11.7 Å². The molecule has 1 N–H and O–H groups in total. The highest BCUT2D eigenvalue weighted by Gasteiger charge is 2.30. The fourth-order valence-corrected chi connectivity index (χ4v) is 6.11. The van der Waals surface area contributed by atoms with Crippen LogP contribution in [0.25, 0.3) is 11.1 Å². The predicted molar refractivity (Wildman–Crippen MR) is 150 cm³/mol. The summed E-state index contributed by atoms with van der Waals surface area (Å²) in [5.41, 5.74) is 4.87. The summed E-state index contributed by atoms with van der Waals surface area (Å²) in [5, 5.41) is 0. The molecule has 40 heavy (non-hydrogen) atoms. The lowest BCUT2D eigenvalue weighted by Crippen LogP contribution is -2.23. The molecule has 1 fully saturated rings. The van der Waals surface area contributed by atoms with Crippen LogP contribution in [0.15, 0.2) is 59.5 Å². The van der Waals surface area contributed by atoms with Crippen molar-refractivity contribution >= 4 is 12.2 Å². The van der Waals surface area contributed by atoms with Gasteiger partial charge in [0.05, 0.1) is 17.8 Å². The number of rotatable bonds is 7. The maximum Gasteiger partial charge on any atom is 0.416 e. The number of benzene rings is 2. The molecule has 0 atom stereocenters. The number of imidazole rings is 1. The van der Waals surface area contributed by atoms with Crippen LogP contribution in [-0.2, 0) is 38.7 Å². The van der Waals surface area contributed by atoms with Gasteiger partial charge in [-0.1, -0.05) is 36.4 Å². The van der Waals surface area contributed by atoms with Crippen LogP contribution in [-0.4, -0.2) is 37.1 Å². The fraction of sp³-hybridized carbons (Fsp3) is 0.367. The third-order valence-corrected chi connectivity index (χ3v) is 8.32. The van der Waals surface area contributed by atoms with E-state index in [0.717, 1.165) is 90.5 Å². The minimum atomic E-state index is -4.35. The Balaban J connectivity index is 1.29. The Morgan fingerprint density at radius 1 is 0.850 bits per heavy atom. The number of nitrogens with one attached hydrogen (secondary N) is 1. The number of halogens is 3. The van der Waals surface area contributed by atoms with Crippen LogP contribution in [0.2, 0.25) is 0 Å². The van der Waals surface area contributed by atoms with Gasteiger partial charge in [-0.05, 0) is 86.2 Å². The third-order valence-electron chi connectivity index (χ3n) is 8.00. The summed E-state index contributed by atoms with van der Waals surface area (Å²) in [5.74, 6) is 0.873. The predicted octanol–water partition coefficient (Wildman–Crippen LogP) is 5.97. The normalized spacial score (nSPS) is 15.6. The quantitative estimate of drug-likeness (QED) is 0.281. The van der Waals surface area contributed by atoms with Gasteiger partial charge in [0.15, 0.2) is 4.77 Å². The average molecular weight is 566 g/mol. The van der Waals surface area contributed by atoms with Gasteiger partial charge in [0, 0.05) is 30.5 Å². The number of nitrogens with zero attached hydrogens (tertiary/aromatic N) is 4. The lowest BCUT2D eigenvalue weighted by Gasteiger charge is -2.19. The first-order chi connectivity index (χ1) is 19.3. The number of hydrogen-bond acceptors (Lipinski definition) is 4. The molecule has 1 aliphatic carbocycles.